The molecule has 0 spiro atoms. The van der Waals surface area contributed by atoms with Crippen LogP contribution in [0, 0.1) is 0 Å². The van der Waals surface area contributed by atoms with Gasteiger partial charge in [0.15, 0.2) is 0 Å². The molecule has 0 heterocycles. The molecule has 9 nitrogen and oxygen atoms in total. The van der Waals surface area contributed by atoms with Crippen molar-refractivity contribution in [1.29, 1.82) is 0 Å². The number of carbonyl (C=O) groups is 2. The van der Waals surface area contributed by atoms with E-state index < -0.39 is 5.97 Å². The summed E-state index contributed by atoms with van der Waals surface area (Å²) in [7, 11) is 0. The van der Waals surface area contributed by atoms with Crippen molar-refractivity contribution in [2.45, 2.75) is 0 Å². The van der Waals surface area contributed by atoms with Crippen molar-refractivity contribution in [3.63, 3.8) is 0 Å². The van der Waals surface area contributed by atoms with Crippen molar-refractivity contribution >= 4 is 34.5 Å². The van der Waals surface area contributed by atoms with Crippen LogP contribution < -0.4 is 5.32 Å². The van der Waals surface area contributed by atoms with E-state index in [0.717, 1.165) is 0 Å². The maximum Gasteiger partial charge on any atom is 0.329 e. The minimum absolute atomic E-state index is 0.00404. The van der Waals surface area contributed by atoms with E-state index in [1.54, 1.807) is 0 Å². The predicted octanol–water partition coefficient (Wildman–Crippen LogP) is -0.295. The third-order valence-electron chi connectivity index (χ3n) is 2.40. The van der Waals surface area contributed by atoms with Crippen LogP contribution in [0.4, 0.5) is 0 Å². The van der Waals surface area contributed by atoms with Crippen LogP contribution in [0.25, 0.3) is 0 Å². The van der Waals surface area contributed by atoms with Crippen LogP contribution in [0.1, 0.15) is 0 Å². The zero-order valence-corrected chi connectivity index (χ0v) is 15.8. The number of ether oxygens (including phenoxy) is 5. The molecule has 2 N–H and O–H groups in total. The highest BCUT2D eigenvalue weighted by Gasteiger charge is 1.97. The molecule has 0 aliphatic carbocycles. The Kier molecular flexibility index (Phi) is 18.4. The Labute approximate surface area is 155 Å². The zero-order chi connectivity index (χ0) is 17.9. The molecule has 1 amide bonds. The molecule has 0 rings (SSSR count). The van der Waals surface area contributed by atoms with Gasteiger partial charge in [0.1, 0.15) is 6.61 Å². The topological polar surface area (TPSA) is 113 Å². The summed E-state index contributed by atoms with van der Waals surface area (Å²) in [6, 6.07) is 0. The average Bonchev–Trinajstić information content (AvgIpc) is 2.57. The molecule has 142 valence electrons. The Morgan fingerprint density at radius 2 is 1.17 bits per heavy atom. The molecule has 24 heavy (non-hydrogen) atoms. The van der Waals surface area contributed by atoms with E-state index in [2.05, 4.69) is 5.32 Å². The first-order valence-corrected chi connectivity index (χ1v) is 9.12. The lowest BCUT2D eigenvalue weighted by atomic mass is 10.6. The summed E-state index contributed by atoms with van der Waals surface area (Å²) in [6.45, 7) is 3.98. The molecule has 0 aliphatic rings. The van der Waals surface area contributed by atoms with Crippen LogP contribution in [-0.4, -0.2) is 94.0 Å². The van der Waals surface area contributed by atoms with E-state index in [4.69, 9.17) is 28.8 Å². The first-order chi connectivity index (χ1) is 11.7. The minimum Gasteiger partial charge on any atom is -0.480 e. The molecule has 0 aromatic rings. The van der Waals surface area contributed by atoms with Crippen LogP contribution >= 0.6 is 22.6 Å². The number of carboxylic acids is 1. The fourth-order valence-corrected chi connectivity index (χ4v) is 1.62. The number of halogens is 1. The summed E-state index contributed by atoms with van der Waals surface area (Å²) in [5.74, 6) is -0.990. The highest BCUT2D eigenvalue weighted by atomic mass is 127. The van der Waals surface area contributed by atoms with Gasteiger partial charge in [-0.15, -0.1) is 0 Å². The lowest BCUT2D eigenvalue weighted by Gasteiger charge is -2.08. The van der Waals surface area contributed by atoms with E-state index in [0.29, 0.717) is 63.8 Å². The lowest BCUT2D eigenvalue weighted by molar-refractivity contribution is -0.142. The van der Waals surface area contributed by atoms with E-state index in [1.807, 2.05) is 22.6 Å². The van der Waals surface area contributed by atoms with Crippen LogP contribution in [-0.2, 0) is 33.3 Å². The van der Waals surface area contributed by atoms with Gasteiger partial charge >= 0.3 is 5.97 Å². The Balaban J connectivity index is 3.03. The predicted molar refractivity (Wildman–Crippen MR) is 93.6 cm³/mol. The van der Waals surface area contributed by atoms with E-state index >= 15 is 0 Å². The van der Waals surface area contributed by atoms with Gasteiger partial charge in [0.25, 0.3) is 0 Å². The fourth-order valence-electron chi connectivity index (χ4n) is 1.35. The van der Waals surface area contributed by atoms with Gasteiger partial charge in [0.2, 0.25) is 5.91 Å². The van der Waals surface area contributed by atoms with Gasteiger partial charge in [0.05, 0.1) is 63.9 Å². The summed E-state index contributed by atoms with van der Waals surface area (Å²) in [4.78, 5) is 21.1. The Morgan fingerprint density at radius 3 is 1.58 bits per heavy atom. The highest BCUT2D eigenvalue weighted by Crippen LogP contribution is 1.84. The standard InChI is InChI=1S/C14H26INO8/c15-11-13(17)16-1-2-20-3-4-21-5-6-22-7-8-23-9-10-24-12-14(18)19/h1-12H2,(H,16,17)(H,18,19). The van der Waals surface area contributed by atoms with Crippen molar-refractivity contribution < 1.29 is 38.4 Å². The molecular weight excluding hydrogens is 437 g/mol. The van der Waals surface area contributed by atoms with E-state index in [1.165, 1.54) is 0 Å². The second kappa shape index (κ2) is 18.8. The second-order valence-corrected chi connectivity index (χ2v) is 5.14. The summed E-state index contributed by atoms with van der Waals surface area (Å²) < 4.78 is 26.3. The van der Waals surface area contributed by atoms with Crippen LogP contribution in [0.3, 0.4) is 0 Å². The van der Waals surface area contributed by atoms with E-state index in [-0.39, 0.29) is 19.1 Å². The summed E-state index contributed by atoms with van der Waals surface area (Å²) in [5.41, 5.74) is 0. The number of amides is 1. The molecule has 0 radical (unpaired) electrons. The number of carboxylic acid groups (broad SMARTS) is 1. The van der Waals surface area contributed by atoms with Gasteiger partial charge < -0.3 is 34.1 Å². The second-order valence-electron chi connectivity index (χ2n) is 4.38. The third kappa shape index (κ3) is 19.5. The largest absolute Gasteiger partial charge is 0.480 e. The van der Waals surface area contributed by atoms with Gasteiger partial charge in [-0.25, -0.2) is 4.79 Å². The molecule has 0 aromatic heterocycles. The molecule has 0 atom stereocenters. The first-order valence-electron chi connectivity index (χ1n) is 7.60. The van der Waals surface area contributed by atoms with Gasteiger partial charge in [-0.2, -0.15) is 0 Å². The van der Waals surface area contributed by atoms with Gasteiger partial charge in [-0.3, -0.25) is 4.79 Å². The van der Waals surface area contributed by atoms with Crippen molar-refractivity contribution in [2.24, 2.45) is 0 Å². The number of rotatable bonds is 18. The van der Waals surface area contributed by atoms with Crippen LogP contribution in [0.5, 0.6) is 0 Å². The normalized spacial score (nSPS) is 10.7. The maximum absolute atomic E-state index is 10.9. The molecule has 0 saturated heterocycles. The van der Waals surface area contributed by atoms with E-state index in [9.17, 15) is 9.59 Å². The Bertz CT molecular complexity index is 319. The smallest absolute Gasteiger partial charge is 0.329 e. The number of hydrogen-bond donors (Lipinski definition) is 2. The van der Waals surface area contributed by atoms with Crippen molar-refractivity contribution in [3.8, 4) is 0 Å². The third-order valence-corrected chi connectivity index (χ3v) is 3.10. The first kappa shape index (κ1) is 23.5. The van der Waals surface area contributed by atoms with Gasteiger partial charge in [-0.05, 0) is 0 Å². The Hall–Kier alpha value is -0.530. The molecule has 10 heteroatoms. The van der Waals surface area contributed by atoms with Crippen molar-refractivity contribution in [1.82, 2.24) is 5.32 Å². The minimum atomic E-state index is -0.994. The summed E-state index contributed by atoms with van der Waals surface area (Å²) in [5, 5.41) is 11.0. The molecule has 0 aromatic carbocycles. The quantitative estimate of drug-likeness (QED) is 0.162. The Morgan fingerprint density at radius 1 is 0.750 bits per heavy atom. The van der Waals surface area contributed by atoms with Gasteiger partial charge in [0, 0.05) is 6.54 Å². The number of carbonyl (C=O) groups excluding carboxylic acids is 1. The fraction of sp³-hybridized carbons (Fsp3) is 0.857. The van der Waals surface area contributed by atoms with Crippen molar-refractivity contribution in [3.05, 3.63) is 0 Å². The zero-order valence-electron chi connectivity index (χ0n) is 13.7. The molecule has 0 unspecified atom stereocenters. The number of nitrogens with one attached hydrogen (secondary N) is 1. The van der Waals surface area contributed by atoms with Gasteiger partial charge in [-0.1, -0.05) is 22.6 Å². The monoisotopic (exact) mass is 463 g/mol. The van der Waals surface area contributed by atoms with Crippen molar-refractivity contribution in [2.75, 3.05) is 77.0 Å². The molecule has 0 bridgehead atoms. The lowest BCUT2D eigenvalue weighted by Crippen LogP contribution is -2.28. The molecule has 0 aliphatic heterocycles. The maximum atomic E-state index is 10.9. The van der Waals surface area contributed by atoms with Crippen LogP contribution in [0.2, 0.25) is 0 Å². The highest BCUT2D eigenvalue weighted by molar-refractivity contribution is 14.1. The average molecular weight is 463 g/mol. The number of aliphatic carboxylic acids is 1. The SMILES string of the molecule is O=C(O)COCCOCCOCCOCCOCCNC(=O)CI. The molecular formula is C14H26INO8. The number of hydrogen-bond acceptors (Lipinski definition) is 7. The molecule has 0 saturated carbocycles. The number of alkyl halides is 1. The van der Waals surface area contributed by atoms with Crippen LogP contribution in [0.15, 0.2) is 0 Å². The summed E-state index contributed by atoms with van der Waals surface area (Å²) in [6.07, 6.45) is 0. The summed E-state index contributed by atoms with van der Waals surface area (Å²) >= 11 is 2.00. The molecule has 0 fully saturated rings.